The smallest absolute Gasteiger partial charge is 0.324 e. The second-order valence-electron chi connectivity index (χ2n) is 4.05. The lowest BCUT2D eigenvalue weighted by Gasteiger charge is -2.23. The standard InChI is InChI=1S/C9H18N2O3/c1-9(2,3)14-8(13)6(11-4)5-7(10)12/h6,11H,5H2,1-4H3,(H2,10,12). The third-order valence-electron chi connectivity index (χ3n) is 1.45. The molecule has 0 aromatic heterocycles. The molecule has 3 N–H and O–H groups in total. The van der Waals surface area contributed by atoms with Crippen molar-refractivity contribution in [1.82, 2.24) is 5.32 Å². The quantitative estimate of drug-likeness (QED) is 0.618. The zero-order valence-electron chi connectivity index (χ0n) is 9.09. The van der Waals surface area contributed by atoms with Crippen LogP contribution in [0, 0.1) is 0 Å². The van der Waals surface area contributed by atoms with Crippen LogP contribution < -0.4 is 11.1 Å². The van der Waals surface area contributed by atoms with Crippen LogP contribution in [0.2, 0.25) is 0 Å². The minimum absolute atomic E-state index is 0.0502. The molecule has 0 aliphatic rings. The molecule has 1 atom stereocenters. The summed E-state index contributed by atoms with van der Waals surface area (Å²) in [7, 11) is 1.58. The summed E-state index contributed by atoms with van der Waals surface area (Å²) in [5.74, 6) is -0.992. The topological polar surface area (TPSA) is 81.4 Å². The van der Waals surface area contributed by atoms with Gasteiger partial charge in [0, 0.05) is 0 Å². The fraction of sp³-hybridized carbons (Fsp3) is 0.778. The van der Waals surface area contributed by atoms with Crippen molar-refractivity contribution in [1.29, 1.82) is 0 Å². The van der Waals surface area contributed by atoms with Crippen LogP contribution in [0.25, 0.3) is 0 Å². The van der Waals surface area contributed by atoms with Gasteiger partial charge in [-0.25, -0.2) is 0 Å². The molecular weight excluding hydrogens is 184 g/mol. The largest absolute Gasteiger partial charge is 0.459 e. The maximum Gasteiger partial charge on any atom is 0.324 e. The Balaban J connectivity index is 4.25. The van der Waals surface area contributed by atoms with E-state index >= 15 is 0 Å². The minimum Gasteiger partial charge on any atom is -0.459 e. The van der Waals surface area contributed by atoms with Gasteiger partial charge < -0.3 is 15.8 Å². The summed E-state index contributed by atoms with van der Waals surface area (Å²) in [6.07, 6.45) is -0.0502. The van der Waals surface area contributed by atoms with E-state index in [4.69, 9.17) is 10.5 Å². The van der Waals surface area contributed by atoms with E-state index in [-0.39, 0.29) is 6.42 Å². The molecule has 0 rings (SSSR count). The zero-order valence-corrected chi connectivity index (χ0v) is 9.09. The summed E-state index contributed by atoms with van der Waals surface area (Å²) < 4.78 is 5.08. The van der Waals surface area contributed by atoms with Gasteiger partial charge in [0.05, 0.1) is 6.42 Å². The summed E-state index contributed by atoms with van der Waals surface area (Å²) in [6.45, 7) is 5.30. The van der Waals surface area contributed by atoms with Crippen molar-refractivity contribution in [2.45, 2.75) is 38.8 Å². The molecule has 0 spiro atoms. The lowest BCUT2D eigenvalue weighted by atomic mass is 10.1. The van der Waals surface area contributed by atoms with E-state index in [9.17, 15) is 9.59 Å². The van der Waals surface area contributed by atoms with Gasteiger partial charge in [0.25, 0.3) is 0 Å². The first-order chi connectivity index (χ1) is 6.26. The number of carbonyl (C=O) groups excluding carboxylic acids is 2. The van der Waals surface area contributed by atoms with Crippen LogP contribution in [0.15, 0.2) is 0 Å². The van der Waals surface area contributed by atoms with Crippen LogP contribution in [0.4, 0.5) is 0 Å². The molecule has 1 unspecified atom stereocenters. The second kappa shape index (κ2) is 4.95. The van der Waals surface area contributed by atoms with Gasteiger partial charge >= 0.3 is 5.97 Å². The molecule has 0 saturated heterocycles. The number of amides is 1. The first-order valence-electron chi connectivity index (χ1n) is 4.44. The molecule has 0 aliphatic heterocycles. The van der Waals surface area contributed by atoms with E-state index < -0.39 is 23.5 Å². The average molecular weight is 202 g/mol. The van der Waals surface area contributed by atoms with Crippen LogP contribution >= 0.6 is 0 Å². The van der Waals surface area contributed by atoms with Gasteiger partial charge in [0.2, 0.25) is 5.91 Å². The van der Waals surface area contributed by atoms with Gasteiger partial charge in [-0.2, -0.15) is 0 Å². The fourth-order valence-corrected chi connectivity index (χ4v) is 0.877. The van der Waals surface area contributed by atoms with Crippen molar-refractivity contribution in [2.24, 2.45) is 5.73 Å². The predicted molar refractivity (Wildman–Crippen MR) is 52.5 cm³/mol. The van der Waals surface area contributed by atoms with E-state index in [2.05, 4.69) is 5.32 Å². The van der Waals surface area contributed by atoms with Crippen molar-refractivity contribution in [2.75, 3.05) is 7.05 Å². The monoisotopic (exact) mass is 202 g/mol. The number of carbonyl (C=O) groups is 2. The van der Waals surface area contributed by atoms with Gasteiger partial charge in [-0.05, 0) is 27.8 Å². The second-order valence-corrected chi connectivity index (χ2v) is 4.05. The molecule has 0 fully saturated rings. The molecule has 0 bridgehead atoms. The maximum atomic E-state index is 11.4. The number of nitrogens with one attached hydrogen (secondary N) is 1. The number of likely N-dealkylation sites (N-methyl/N-ethyl adjacent to an activating group) is 1. The summed E-state index contributed by atoms with van der Waals surface area (Å²) in [6, 6.07) is -0.660. The van der Waals surface area contributed by atoms with E-state index in [0.29, 0.717) is 0 Å². The maximum absolute atomic E-state index is 11.4. The van der Waals surface area contributed by atoms with E-state index in [1.54, 1.807) is 27.8 Å². The lowest BCUT2D eigenvalue weighted by molar-refractivity contribution is -0.158. The molecule has 0 aromatic carbocycles. The van der Waals surface area contributed by atoms with Crippen LogP contribution in [-0.4, -0.2) is 30.6 Å². The highest BCUT2D eigenvalue weighted by atomic mass is 16.6. The molecule has 0 saturated carbocycles. The Morgan fingerprint density at radius 1 is 1.43 bits per heavy atom. The van der Waals surface area contributed by atoms with Crippen molar-refractivity contribution >= 4 is 11.9 Å². The van der Waals surface area contributed by atoms with Crippen LogP contribution in [0.3, 0.4) is 0 Å². The summed E-state index contributed by atoms with van der Waals surface area (Å²) in [5, 5.41) is 2.68. The summed E-state index contributed by atoms with van der Waals surface area (Å²) in [4.78, 5) is 22.0. The van der Waals surface area contributed by atoms with E-state index in [1.165, 1.54) is 0 Å². The number of rotatable bonds is 4. The van der Waals surface area contributed by atoms with E-state index in [0.717, 1.165) is 0 Å². The molecule has 1 amide bonds. The average Bonchev–Trinajstić information content (AvgIpc) is 1.96. The predicted octanol–water partition coefficient (Wildman–Crippen LogP) is -0.208. The Hall–Kier alpha value is -1.10. The molecular formula is C9H18N2O3. The number of nitrogens with two attached hydrogens (primary N) is 1. The summed E-state index contributed by atoms with van der Waals surface area (Å²) >= 11 is 0. The molecule has 82 valence electrons. The fourth-order valence-electron chi connectivity index (χ4n) is 0.877. The highest BCUT2D eigenvalue weighted by molar-refractivity contribution is 5.84. The number of esters is 1. The molecule has 0 aromatic rings. The first kappa shape index (κ1) is 12.9. The number of hydrogen-bond donors (Lipinski definition) is 2. The van der Waals surface area contributed by atoms with Gasteiger partial charge in [-0.1, -0.05) is 0 Å². The Morgan fingerprint density at radius 3 is 2.21 bits per heavy atom. The van der Waals surface area contributed by atoms with Crippen molar-refractivity contribution in [3.05, 3.63) is 0 Å². The van der Waals surface area contributed by atoms with Gasteiger partial charge in [-0.15, -0.1) is 0 Å². The molecule has 0 heterocycles. The van der Waals surface area contributed by atoms with Crippen molar-refractivity contribution in [3.63, 3.8) is 0 Å². The van der Waals surface area contributed by atoms with Crippen molar-refractivity contribution in [3.8, 4) is 0 Å². The Bertz CT molecular complexity index is 221. The summed E-state index contributed by atoms with van der Waals surface area (Å²) in [5.41, 5.74) is 4.43. The Labute approximate surface area is 84.0 Å². The normalized spacial score (nSPS) is 13.4. The van der Waals surface area contributed by atoms with Crippen molar-refractivity contribution < 1.29 is 14.3 Å². The van der Waals surface area contributed by atoms with Gasteiger partial charge in [0.1, 0.15) is 11.6 Å². The number of ether oxygens (including phenoxy) is 1. The highest BCUT2D eigenvalue weighted by Gasteiger charge is 2.24. The molecule has 5 nitrogen and oxygen atoms in total. The SMILES string of the molecule is CNC(CC(N)=O)C(=O)OC(C)(C)C. The third kappa shape index (κ3) is 5.53. The number of primary amides is 1. The van der Waals surface area contributed by atoms with Crippen LogP contribution in [0.5, 0.6) is 0 Å². The Morgan fingerprint density at radius 2 is 1.93 bits per heavy atom. The third-order valence-corrected chi connectivity index (χ3v) is 1.45. The first-order valence-corrected chi connectivity index (χ1v) is 4.44. The van der Waals surface area contributed by atoms with Crippen LogP contribution in [-0.2, 0) is 14.3 Å². The molecule has 5 heteroatoms. The number of hydrogen-bond acceptors (Lipinski definition) is 4. The minimum atomic E-state index is -0.660. The zero-order chi connectivity index (χ0) is 11.4. The van der Waals surface area contributed by atoms with E-state index in [1.807, 2.05) is 0 Å². The molecule has 14 heavy (non-hydrogen) atoms. The highest BCUT2D eigenvalue weighted by Crippen LogP contribution is 2.09. The Kier molecular flexibility index (Phi) is 4.56. The molecule has 0 radical (unpaired) electrons. The lowest BCUT2D eigenvalue weighted by Crippen LogP contribution is -2.42. The van der Waals surface area contributed by atoms with Crippen LogP contribution in [0.1, 0.15) is 27.2 Å². The van der Waals surface area contributed by atoms with Gasteiger partial charge in [-0.3, -0.25) is 9.59 Å². The van der Waals surface area contributed by atoms with Gasteiger partial charge in [0.15, 0.2) is 0 Å². The molecule has 0 aliphatic carbocycles.